The molecule has 1 rings (SSSR count). The fourth-order valence-corrected chi connectivity index (χ4v) is 0.598. The van der Waals surface area contributed by atoms with Gasteiger partial charge in [0.05, 0.1) is 6.54 Å². The molecule has 9 heavy (non-hydrogen) atoms. The van der Waals surface area contributed by atoms with E-state index in [0.717, 1.165) is 19.0 Å². The second kappa shape index (κ2) is 3.06. The molecule has 1 aliphatic heterocycles. The van der Waals surface area contributed by atoms with Crippen LogP contribution >= 0.6 is 0 Å². The lowest BCUT2D eigenvalue weighted by atomic mass is 10.7. The summed E-state index contributed by atoms with van der Waals surface area (Å²) in [7, 11) is 0. The first-order chi connectivity index (χ1) is 4.43. The van der Waals surface area contributed by atoms with Crippen LogP contribution in [0.4, 0.5) is 0 Å². The highest BCUT2D eigenvalue weighted by Gasteiger charge is 2.00. The first-order valence-corrected chi connectivity index (χ1v) is 2.95. The normalized spacial score (nSPS) is 17.7. The van der Waals surface area contributed by atoms with Gasteiger partial charge in [-0.2, -0.15) is 5.10 Å². The van der Waals surface area contributed by atoms with Crippen LogP contribution in [-0.2, 0) is 0 Å². The minimum Gasteiger partial charge on any atom is -0.353 e. The standard InChI is InChI=1S/C5H10N4/c1-2-8-9-5-6-3-4-7-5/h2H,3-4H2,1H3,(H2,6,7,9)/b8-2-. The molecule has 0 amide bonds. The highest BCUT2D eigenvalue weighted by Crippen LogP contribution is 1.79. The number of nitrogens with zero attached hydrogens (tertiary/aromatic N) is 2. The lowest BCUT2D eigenvalue weighted by molar-refractivity contribution is 0.919. The molecule has 0 saturated heterocycles. The Morgan fingerprint density at radius 2 is 2.78 bits per heavy atom. The molecule has 0 aromatic heterocycles. The zero-order chi connectivity index (χ0) is 6.53. The first-order valence-electron chi connectivity index (χ1n) is 2.95. The van der Waals surface area contributed by atoms with E-state index in [0.29, 0.717) is 0 Å². The molecule has 0 bridgehead atoms. The summed E-state index contributed by atoms with van der Waals surface area (Å²) in [4.78, 5) is 4.05. The van der Waals surface area contributed by atoms with Gasteiger partial charge in [-0.05, 0) is 6.92 Å². The number of guanidine groups is 1. The molecule has 0 atom stereocenters. The smallest absolute Gasteiger partial charge is 0.212 e. The van der Waals surface area contributed by atoms with Gasteiger partial charge in [0.2, 0.25) is 5.96 Å². The topological polar surface area (TPSA) is 48.8 Å². The van der Waals surface area contributed by atoms with Crippen LogP contribution in [0.3, 0.4) is 0 Å². The molecule has 0 saturated carbocycles. The fourth-order valence-electron chi connectivity index (χ4n) is 0.598. The molecule has 0 aliphatic carbocycles. The molecule has 4 heteroatoms. The van der Waals surface area contributed by atoms with Gasteiger partial charge in [-0.25, -0.2) is 10.4 Å². The van der Waals surface area contributed by atoms with Crippen LogP contribution in [0.25, 0.3) is 0 Å². The van der Waals surface area contributed by atoms with Gasteiger partial charge >= 0.3 is 0 Å². The van der Waals surface area contributed by atoms with Crippen molar-refractivity contribution in [3.63, 3.8) is 0 Å². The lowest BCUT2D eigenvalue weighted by Crippen LogP contribution is -2.29. The van der Waals surface area contributed by atoms with Gasteiger partial charge in [0.1, 0.15) is 0 Å². The Hall–Kier alpha value is -1.06. The van der Waals surface area contributed by atoms with E-state index in [9.17, 15) is 0 Å². The number of rotatable bonds is 1. The van der Waals surface area contributed by atoms with Gasteiger partial charge in [0.25, 0.3) is 0 Å². The summed E-state index contributed by atoms with van der Waals surface area (Å²) in [5.74, 6) is 0.771. The Balaban J connectivity index is 2.26. The summed E-state index contributed by atoms with van der Waals surface area (Å²) in [6.45, 7) is 3.62. The summed E-state index contributed by atoms with van der Waals surface area (Å²) < 4.78 is 0. The van der Waals surface area contributed by atoms with Crippen LogP contribution in [0.2, 0.25) is 0 Å². The zero-order valence-corrected chi connectivity index (χ0v) is 5.39. The Morgan fingerprint density at radius 3 is 3.33 bits per heavy atom. The van der Waals surface area contributed by atoms with Crippen LogP contribution in [0.15, 0.2) is 10.1 Å². The van der Waals surface area contributed by atoms with E-state index in [1.807, 2.05) is 6.92 Å². The summed E-state index contributed by atoms with van der Waals surface area (Å²) in [6.07, 6.45) is 1.68. The highest BCUT2D eigenvalue weighted by molar-refractivity contribution is 5.81. The van der Waals surface area contributed by atoms with E-state index in [4.69, 9.17) is 0 Å². The molecular weight excluding hydrogens is 116 g/mol. The van der Waals surface area contributed by atoms with Crippen LogP contribution in [-0.4, -0.2) is 25.3 Å². The van der Waals surface area contributed by atoms with E-state index in [-0.39, 0.29) is 0 Å². The van der Waals surface area contributed by atoms with Crippen molar-refractivity contribution < 1.29 is 0 Å². The molecule has 2 N–H and O–H groups in total. The van der Waals surface area contributed by atoms with Crippen LogP contribution in [0, 0.1) is 0 Å². The Morgan fingerprint density at radius 1 is 1.89 bits per heavy atom. The molecule has 1 heterocycles. The van der Waals surface area contributed by atoms with Crippen LogP contribution in [0.5, 0.6) is 0 Å². The summed E-state index contributed by atoms with van der Waals surface area (Å²) in [6, 6.07) is 0. The molecule has 4 nitrogen and oxygen atoms in total. The largest absolute Gasteiger partial charge is 0.353 e. The third-order valence-corrected chi connectivity index (χ3v) is 0.974. The third kappa shape index (κ3) is 1.71. The predicted octanol–water partition coefficient (Wildman–Crippen LogP) is -0.459. The molecule has 0 radical (unpaired) electrons. The Labute approximate surface area is 54.1 Å². The Kier molecular flexibility index (Phi) is 2.06. The number of hydrogen-bond donors (Lipinski definition) is 2. The number of hydrazone groups is 1. The van der Waals surface area contributed by atoms with Gasteiger partial charge in [-0.1, -0.05) is 0 Å². The van der Waals surface area contributed by atoms with E-state index in [1.54, 1.807) is 6.21 Å². The van der Waals surface area contributed by atoms with Crippen molar-refractivity contribution in [3.05, 3.63) is 0 Å². The van der Waals surface area contributed by atoms with Crippen molar-refractivity contribution in [2.45, 2.75) is 6.92 Å². The maximum absolute atomic E-state index is 4.05. The van der Waals surface area contributed by atoms with Crippen LogP contribution in [0.1, 0.15) is 6.92 Å². The number of hydrogen-bond acceptors (Lipinski definition) is 4. The van der Waals surface area contributed by atoms with Crippen molar-refractivity contribution in [3.8, 4) is 0 Å². The average molecular weight is 126 g/mol. The van der Waals surface area contributed by atoms with Gasteiger partial charge in [0, 0.05) is 12.8 Å². The van der Waals surface area contributed by atoms with Crippen molar-refractivity contribution in [1.82, 2.24) is 10.7 Å². The first kappa shape index (κ1) is 6.07. The average Bonchev–Trinajstić information content (AvgIpc) is 2.34. The van der Waals surface area contributed by atoms with E-state index in [2.05, 4.69) is 20.8 Å². The SMILES string of the molecule is C/C=N\NC1=NCCN1. The fraction of sp³-hybridized carbons (Fsp3) is 0.600. The van der Waals surface area contributed by atoms with Gasteiger partial charge in [-0.3, -0.25) is 0 Å². The van der Waals surface area contributed by atoms with Crippen molar-refractivity contribution >= 4 is 12.2 Å². The second-order valence-corrected chi connectivity index (χ2v) is 1.66. The quantitative estimate of drug-likeness (QED) is 0.369. The van der Waals surface area contributed by atoms with Crippen molar-refractivity contribution in [1.29, 1.82) is 0 Å². The third-order valence-electron chi connectivity index (χ3n) is 0.974. The number of aliphatic imine (C=N–C) groups is 1. The molecular formula is C5H10N4. The highest BCUT2D eigenvalue weighted by atomic mass is 15.4. The van der Waals surface area contributed by atoms with Crippen LogP contribution < -0.4 is 10.7 Å². The molecule has 0 aromatic rings. The summed E-state index contributed by atoms with van der Waals surface area (Å²) in [5, 5.41) is 6.80. The lowest BCUT2D eigenvalue weighted by Gasteiger charge is -1.96. The molecule has 0 spiro atoms. The number of nitrogens with one attached hydrogen (secondary N) is 2. The molecule has 1 aliphatic rings. The summed E-state index contributed by atoms with van der Waals surface area (Å²) >= 11 is 0. The Bertz CT molecular complexity index is 138. The van der Waals surface area contributed by atoms with Gasteiger partial charge in [0.15, 0.2) is 0 Å². The monoisotopic (exact) mass is 126 g/mol. The molecule has 0 aromatic carbocycles. The van der Waals surface area contributed by atoms with Crippen molar-refractivity contribution in [2.24, 2.45) is 10.1 Å². The predicted molar refractivity (Wildman–Crippen MR) is 37.6 cm³/mol. The second-order valence-electron chi connectivity index (χ2n) is 1.66. The van der Waals surface area contributed by atoms with E-state index in [1.165, 1.54) is 0 Å². The van der Waals surface area contributed by atoms with Gasteiger partial charge in [-0.15, -0.1) is 0 Å². The molecule has 50 valence electrons. The maximum atomic E-state index is 4.05. The van der Waals surface area contributed by atoms with E-state index >= 15 is 0 Å². The molecule has 0 fully saturated rings. The molecule has 0 unspecified atom stereocenters. The summed E-state index contributed by atoms with van der Waals surface area (Å²) in [5.41, 5.74) is 2.74. The van der Waals surface area contributed by atoms with E-state index < -0.39 is 0 Å². The maximum Gasteiger partial charge on any atom is 0.212 e. The zero-order valence-electron chi connectivity index (χ0n) is 5.39. The van der Waals surface area contributed by atoms with Gasteiger partial charge < -0.3 is 5.32 Å². The minimum atomic E-state index is 0.771. The minimum absolute atomic E-state index is 0.771. The van der Waals surface area contributed by atoms with Crippen molar-refractivity contribution in [2.75, 3.05) is 13.1 Å².